The number of cyclic esters (lactones) is 1. The van der Waals surface area contributed by atoms with E-state index in [0.717, 1.165) is 27.8 Å². The highest BCUT2D eigenvalue weighted by molar-refractivity contribution is 6.13. The first kappa shape index (κ1) is 24.1. The molecular formula is C32H27NO4. The number of carbonyl (C=O) groups excluding carboxylic acids is 1. The van der Waals surface area contributed by atoms with E-state index in [1.807, 2.05) is 85.8 Å². The summed E-state index contributed by atoms with van der Waals surface area (Å²) in [6.45, 7) is 4.91. The Kier molecular flexibility index (Phi) is 7.13. The zero-order chi connectivity index (χ0) is 25.6. The normalized spacial score (nSPS) is 13.8. The minimum Gasteiger partial charge on any atom is -0.490 e. The van der Waals surface area contributed by atoms with E-state index in [2.05, 4.69) is 30.1 Å². The molecule has 0 aliphatic carbocycles. The number of aryl methyl sites for hydroxylation is 1. The van der Waals surface area contributed by atoms with Crippen molar-refractivity contribution < 1.29 is 19.0 Å². The van der Waals surface area contributed by atoms with Gasteiger partial charge in [-0.05, 0) is 72.0 Å². The van der Waals surface area contributed by atoms with Crippen LogP contribution in [0, 0.1) is 6.92 Å². The molecule has 4 aromatic rings. The van der Waals surface area contributed by atoms with Crippen LogP contribution >= 0.6 is 0 Å². The Balaban J connectivity index is 1.35. The molecule has 4 aromatic carbocycles. The Morgan fingerprint density at radius 2 is 1.49 bits per heavy atom. The van der Waals surface area contributed by atoms with E-state index in [0.29, 0.717) is 30.6 Å². The fourth-order valence-electron chi connectivity index (χ4n) is 4.06. The number of hydrogen-bond donors (Lipinski definition) is 0. The Morgan fingerprint density at radius 1 is 0.784 bits per heavy atom. The summed E-state index contributed by atoms with van der Waals surface area (Å²) in [4.78, 5) is 17.0. The summed E-state index contributed by atoms with van der Waals surface area (Å²) >= 11 is 0. The Labute approximate surface area is 216 Å². The fourth-order valence-corrected chi connectivity index (χ4v) is 4.06. The van der Waals surface area contributed by atoms with Gasteiger partial charge in [0.05, 0.1) is 6.61 Å². The second-order valence-electron chi connectivity index (χ2n) is 8.63. The van der Waals surface area contributed by atoms with Crippen molar-refractivity contribution >= 4 is 17.9 Å². The molecule has 0 atom stereocenters. The lowest BCUT2D eigenvalue weighted by atomic mass is 10.0. The van der Waals surface area contributed by atoms with Crippen molar-refractivity contribution in [1.82, 2.24) is 0 Å². The SMILES string of the molecule is CCOc1cc(/C=C2\N=C(c3ccc(-c4ccccc4)cc3)OC2=O)ccc1OCc1ccccc1C. The van der Waals surface area contributed by atoms with Gasteiger partial charge in [0.25, 0.3) is 0 Å². The molecule has 184 valence electrons. The molecule has 0 unspecified atom stereocenters. The number of hydrogen-bond acceptors (Lipinski definition) is 5. The summed E-state index contributed by atoms with van der Waals surface area (Å²) in [6, 6.07) is 31.6. The smallest absolute Gasteiger partial charge is 0.363 e. The second kappa shape index (κ2) is 11.0. The zero-order valence-corrected chi connectivity index (χ0v) is 20.8. The molecule has 0 bridgehead atoms. The van der Waals surface area contributed by atoms with Crippen LogP contribution in [-0.2, 0) is 16.1 Å². The third kappa shape index (κ3) is 5.62. The molecule has 0 amide bonds. The van der Waals surface area contributed by atoms with Crippen molar-refractivity contribution in [3.8, 4) is 22.6 Å². The minimum absolute atomic E-state index is 0.234. The number of nitrogens with zero attached hydrogens (tertiary/aromatic N) is 1. The van der Waals surface area contributed by atoms with Crippen LogP contribution in [0.4, 0.5) is 0 Å². The van der Waals surface area contributed by atoms with Gasteiger partial charge in [-0.2, -0.15) is 0 Å². The predicted molar refractivity (Wildman–Crippen MR) is 146 cm³/mol. The molecular weight excluding hydrogens is 462 g/mol. The molecule has 1 aliphatic heterocycles. The molecule has 0 saturated carbocycles. The van der Waals surface area contributed by atoms with Gasteiger partial charge in [-0.25, -0.2) is 9.79 Å². The summed E-state index contributed by atoms with van der Waals surface area (Å²) < 4.78 is 17.3. The third-order valence-corrected chi connectivity index (χ3v) is 6.07. The highest BCUT2D eigenvalue weighted by Gasteiger charge is 2.24. The zero-order valence-electron chi connectivity index (χ0n) is 20.8. The molecule has 5 rings (SSSR count). The van der Waals surface area contributed by atoms with E-state index in [1.165, 1.54) is 5.56 Å². The van der Waals surface area contributed by atoms with Gasteiger partial charge in [0.15, 0.2) is 17.2 Å². The van der Waals surface area contributed by atoms with Gasteiger partial charge < -0.3 is 14.2 Å². The lowest BCUT2D eigenvalue weighted by Crippen LogP contribution is -2.05. The van der Waals surface area contributed by atoms with Gasteiger partial charge in [-0.15, -0.1) is 0 Å². The lowest BCUT2D eigenvalue weighted by Gasteiger charge is -2.13. The van der Waals surface area contributed by atoms with E-state index in [1.54, 1.807) is 6.08 Å². The average molecular weight is 490 g/mol. The van der Waals surface area contributed by atoms with Gasteiger partial charge in [0.1, 0.15) is 6.61 Å². The molecule has 0 radical (unpaired) electrons. The quantitative estimate of drug-likeness (QED) is 0.198. The fraction of sp³-hybridized carbons (Fsp3) is 0.125. The Morgan fingerprint density at radius 3 is 2.24 bits per heavy atom. The van der Waals surface area contributed by atoms with E-state index in [-0.39, 0.29) is 5.70 Å². The minimum atomic E-state index is -0.486. The molecule has 5 heteroatoms. The molecule has 0 fully saturated rings. The molecule has 0 aromatic heterocycles. The summed E-state index contributed by atoms with van der Waals surface area (Å²) in [6.07, 6.45) is 1.70. The average Bonchev–Trinajstić information content (AvgIpc) is 3.29. The first-order valence-corrected chi connectivity index (χ1v) is 12.2. The van der Waals surface area contributed by atoms with Gasteiger partial charge >= 0.3 is 5.97 Å². The highest BCUT2D eigenvalue weighted by Crippen LogP contribution is 2.31. The van der Waals surface area contributed by atoms with Crippen LogP contribution in [0.2, 0.25) is 0 Å². The van der Waals surface area contributed by atoms with Gasteiger partial charge in [0.2, 0.25) is 5.90 Å². The predicted octanol–water partition coefficient (Wildman–Crippen LogP) is 6.98. The number of ether oxygens (including phenoxy) is 3. The van der Waals surface area contributed by atoms with Crippen LogP contribution in [0.15, 0.2) is 108 Å². The van der Waals surface area contributed by atoms with Crippen LogP contribution in [0.3, 0.4) is 0 Å². The molecule has 0 spiro atoms. The van der Waals surface area contributed by atoms with Gasteiger partial charge in [-0.3, -0.25) is 0 Å². The van der Waals surface area contributed by atoms with Crippen molar-refractivity contribution in [2.24, 2.45) is 4.99 Å². The van der Waals surface area contributed by atoms with Gasteiger partial charge in [-0.1, -0.05) is 72.8 Å². The van der Waals surface area contributed by atoms with Crippen LogP contribution in [-0.4, -0.2) is 18.5 Å². The number of carbonyl (C=O) groups is 1. The third-order valence-electron chi connectivity index (χ3n) is 6.07. The first-order chi connectivity index (χ1) is 18.1. The highest BCUT2D eigenvalue weighted by atomic mass is 16.6. The molecule has 37 heavy (non-hydrogen) atoms. The monoisotopic (exact) mass is 489 g/mol. The molecule has 1 heterocycles. The number of esters is 1. The van der Waals surface area contributed by atoms with Crippen LogP contribution in [0.5, 0.6) is 11.5 Å². The lowest BCUT2D eigenvalue weighted by molar-refractivity contribution is -0.129. The topological polar surface area (TPSA) is 57.1 Å². The number of rotatable bonds is 8. The second-order valence-corrected chi connectivity index (χ2v) is 8.63. The van der Waals surface area contributed by atoms with Crippen molar-refractivity contribution in [3.05, 3.63) is 125 Å². The Hall–Kier alpha value is -4.64. The van der Waals surface area contributed by atoms with Crippen LogP contribution in [0.1, 0.15) is 29.2 Å². The van der Waals surface area contributed by atoms with Gasteiger partial charge in [0, 0.05) is 5.56 Å². The summed E-state index contributed by atoms with van der Waals surface area (Å²) in [5, 5.41) is 0. The Bertz CT molecular complexity index is 1470. The van der Waals surface area contributed by atoms with Crippen molar-refractivity contribution in [2.45, 2.75) is 20.5 Å². The standard InChI is InChI=1S/C32H27NO4/c1-3-35-30-20-23(13-18-29(30)36-21-27-12-8-7-9-22(27)2)19-28-32(34)37-31(33-28)26-16-14-25(15-17-26)24-10-5-4-6-11-24/h4-20H,3,21H2,1-2H3/b28-19-. The van der Waals surface area contributed by atoms with E-state index in [4.69, 9.17) is 14.2 Å². The summed E-state index contributed by atoms with van der Waals surface area (Å²) in [5.74, 6) is 1.06. The molecule has 5 nitrogen and oxygen atoms in total. The first-order valence-electron chi connectivity index (χ1n) is 12.2. The van der Waals surface area contributed by atoms with Crippen molar-refractivity contribution in [1.29, 1.82) is 0 Å². The van der Waals surface area contributed by atoms with Crippen LogP contribution in [0.25, 0.3) is 17.2 Å². The van der Waals surface area contributed by atoms with E-state index < -0.39 is 5.97 Å². The van der Waals surface area contributed by atoms with Crippen molar-refractivity contribution in [2.75, 3.05) is 6.61 Å². The molecule has 0 N–H and O–H groups in total. The summed E-state index contributed by atoms with van der Waals surface area (Å²) in [5.41, 5.74) is 6.23. The van der Waals surface area contributed by atoms with Crippen molar-refractivity contribution in [3.63, 3.8) is 0 Å². The number of benzene rings is 4. The van der Waals surface area contributed by atoms with E-state index >= 15 is 0 Å². The van der Waals surface area contributed by atoms with Crippen LogP contribution < -0.4 is 9.47 Å². The molecule has 1 aliphatic rings. The maximum absolute atomic E-state index is 12.6. The maximum Gasteiger partial charge on any atom is 0.363 e. The maximum atomic E-state index is 12.6. The van der Waals surface area contributed by atoms with E-state index in [9.17, 15) is 4.79 Å². The number of aliphatic imine (C=N–C) groups is 1. The largest absolute Gasteiger partial charge is 0.490 e. The molecule has 0 saturated heterocycles. The summed E-state index contributed by atoms with van der Waals surface area (Å²) in [7, 11) is 0.